The zero-order chi connectivity index (χ0) is 13.9. The number of carbonyl (C=O) groups excluding carboxylic acids is 2. The van der Waals surface area contributed by atoms with Gasteiger partial charge in [-0.25, -0.2) is 0 Å². The molecule has 0 bridgehead atoms. The van der Waals surface area contributed by atoms with Gasteiger partial charge in [0.1, 0.15) is 5.54 Å². The number of hydrogen-bond donors (Lipinski definition) is 2. The van der Waals surface area contributed by atoms with Crippen LogP contribution in [0.15, 0.2) is 0 Å². The molecular formula is C12H24N2O3. The van der Waals surface area contributed by atoms with Crippen molar-refractivity contribution >= 4 is 11.8 Å². The summed E-state index contributed by atoms with van der Waals surface area (Å²) in [5.41, 5.74) is -1.40. The summed E-state index contributed by atoms with van der Waals surface area (Å²) in [6.45, 7) is 6.86. The molecule has 0 saturated carbocycles. The molecular weight excluding hydrogens is 220 g/mol. The number of rotatable bonds is 5. The summed E-state index contributed by atoms with van der Waals surface area (Å²) in [5.74, 6) is -0.392. The molecule has 0 aliphatic heterocycles. The largest absolute Gasteiger partial charge is 0.396 e. The van der Waals surface area contributed by atoms with E-state index in [2.05, 4.69) is 5.32 Å². The van der Waals surface area contributed by atoms with Crippen LogP contribution in [-0.4, -0.2) is 48.1 Å². The van der Waals surface area contributed by atoms with Crippen LogP contribution in [0.5, 0.6) is 0 Å². The number of amides is 2. The molecule has 0 saturated heterocycles. The number of aliphatic hydroxyl groups is 1. The predicted molar refractivity (Wildman–Crippen MR) is 66.4 cm³/mol. The summed E-state index contributed by atoms with van der Waals surface area (Å²) in [4.78, 5) is 25.0. The van der Waals surface area contributed by atoms with E-state index >= 15 is 0 Å². The highest BCUT2D eigenvalue weighted by Crippen LogP contribution is 2.19. The molecule has 0 atom stereocenters. The van der Waals surface area contributed by atoms with Crippen LogP contribution in [0.2, 0.25) is 0 Å². The lowest BCUT2D eigenvalue weighted by molar-refractivity contribution is -0.139. The van der Waals surface area contributed by atoms with Crippen molar-refractivity contribution in [1.29, 1.82) is 0 Å². The molecule has 0 fully saturated rings. The van der Waals surface area contributed by atoms with E-state index in [1.165, 1.54) is 4.90 Å². The monoisotopic (exact) mass is 244 g/mol. The molecule has 2 N–H and O–H groups in total. The maximum Gasteiger partial charge on any atom is 0.247 e. The summed E-state index contributed by atoms with van der Waals surface area (Å²) < 4.78 is 0. The average Bonchev–Trinajstić information content (AvgIpc) is 2.14. The van der Waals surface area contributed by atoms with Crippen LogP contribution in [0, 0.1) is 5.41 Å². The fourth-order valence-electron chi connectivity index (χ4n) is 1.50. The average molecular weight is 244 g/mol. The molecule has 5 nitrogen and oxygen atoms in total. The highest BCUT2D eigenvalue weighted by atomic mass is 16.3. The van der Waals surface area contributed by atoms with Crippen molar-refractivity contribution in [3.05, 3.63) is 0 Å². The van der Waals surface area contributed by atoms with Crippen LogP contribution in [0.3, 0.4) is 0 Å². The van der Waals surface area contributed by atoms with Crippen molar-refractivity contribution in [3.63, 3.8) is 0 Å². The highest BCUT2D eigenvalue weighted by Gasteiger charge is 2.32. The van der Waals surface area contributed by atoms with E-state index in [0.29, 0.717) is 0 Å². The van der Waals surface area contributed by atoms with Crippen LogP contribution in [-0.2, 0) is 9.59 Å². The van der Waals surface area contributed by atoms with E-state index in [1.54, 1.807) is 41.8 Å². The minimum Gasteiger partial charge on any atom is -0.396 e. The third kappa shape index (κ3) is 5.17. The summed E-state index contributed by atoms with van der Waals surface area (Å²) in [5, 5.41) is 11.8. The van der Waals surface area contributed by atoms with Crippen molar-refractivity contribution in [1.82, 2.24) is 10.2 Å². The molecule has 17 heavy (non-hydrogen) atoms. The van der Waals surface area contributed by atoms with Gasteiger partial charge >= 0.3 is 0 Å². The van der Waals surface area contributed by atoms with Crippen LogP contribution >= 0.6 is 0 Å². The number of nitrogens with one attached hydrogen (secondary N) is 1. The Kier molecular flexibility index (Phi) is 5.13. The van der Waals surface area contributed by atoms with Crippen LogP contribution in [0.25, 0.3) is 0 Å². The van der Waals surface area contributed by atoms with Crippen LogP contribution in [0.1, 0.15) is 34.1 Å². The van der Waals surface area contributed by atoms with Gasteiger partial charge in [0.15, 0.2) is 0 Å². The molecule has 2 amide bonds. The Labute approximate surface area is 103 Å². The molecule has 0 aromatic carbocycles. The van der Waals surface area contributed by atoms with Crippen molar-refractivity contribution in [2.75, 3.05) is 20.7 Å². The van der Waals surface area contributed by atoms with Crippen molar-refractivity contribution < 1.29 is 14.7 Å². The Morgan fingerprint density at radius 3 is 2.00 bits per heavy atom. The Morgan fingerprint density at radius 2 is 1.65 bits per heavy atom. The first-order chi connectivity index (χ1) is 7.52. The Morgan fingerprint density at radius 1 is 1.18 bits per heavy atom. The van der Waals surface area contributed by atoms with E-state index in [4.69, 9.17) is 5.11 Å². The van der Waals surface area contributed by atoms with E-state index in [1.807, 2.05) is 0 Å². The van der Waals surface area contributed by atoms with Crippen LogP contribution < -0.4 is 5.32 Å². The topological polar surface area (TPSA) is 69.6 Å². The van der Waals surface area contributed by atoms with Crippen molar-refractivity contribution in [2.24, 2.45) is 5.41 Å². The third-order valence-corrected chi connectivity index (χ3v) is 2.46. The molecule has 0 heterocycles. The van der Waals surface area contributed by atoms with E-state index in [9.17, 15) is 9.59 Å². The molecule has 0 radical (unpaired) electrons. The summed E-state index contributed by atoms with van der Waals surface area (Å²) in [7, 11) is 3.29. The van der Waals surface area contributed by atoms with Gasteiger partial charge in [-0.15, -0.1) is 0 Å². The Bertz CT molecular complexity index is 296. The number of likely N-dealkylation sites (N-methyl/N-ethyl adjacent to an activating group) is 1. The zero-order valence-corrected chi connectivity index (χ0v) is 11.6. The van der Waals surface area contributed by atoms with Crippen molar-refractivity contribution in [2.45, 2.75) is 39.7 Å². The second-order valence-corrected chi connectivity index (χ2v) is 5.87. The van der Waals surface area contributed by atoms with Gasteiger partial charge in [-0.05, 0) is 19.3 Å². The van der Waals surface area contributed by atoms with Gasteiger partial charge in [0.2, 0.25) is 11.8 Å². The number of carbonyl (C=O) groups is 2. The maximum atomic E-state index is 11.8. The second kappa shape index (κ2) is 5.49. The molecule has 100 valence electrons. The summed E-state index contributed by atoms with van der Waals surface area (Å²) in [6, 6.07) is 0. The fourth-order valence-corrected chi connectivity index (χ4v) is 1.50. The minimum atomic E-state index is -0.924. The lowest BCUT2D eigenvalue weighted by Gasteiger charge is -2.30. The van der Waals surface area contributed by atoms with Gasteiger partial charge in [-0.1, -0.05) is 13.8 Å². The second-order valence-electron chi connectivity index (χ2n) is 5.87. The molecule has 0 aromatic rings. The standard InChI is InChI=1S/C12H24N2O3/c1-11(2,8-15)7-9(16)13-12(3,4)10(17)14(5)6/h15H,7-8H2,1-6H3,(H,13,16). The molecule has 0 aliphatic carbocycles. The molecule has 0 spiro atoms. The molecule has 0 unspecified atom stereocenters. The van der Waals surface area contributed by atoms with E-state index < -0.39 is 11.0 Å². The Hall–Kier alpha value is -1.10. The van der Waals surface area contributed by atoms with E-state index in [0.717, 1.165) is 0 Å². The zero-order valence-electron chi connectivity index (χ0n) is 11.6. The first-order valence-electron chi connectivity index (χ1n) is 5.65. The van der Waals surface area contributed by atoms with Gasteiger partial charge in [0, 0.05) is 27.1 Å². The number of nitrogens with zero attached hydrogens (tertiary/aromatic N) is 1. The van der Waals surface area contributed by atoms with Gasteiger partial charge in [0.25, 0.3) is 0 Å². The predicted octanol–water partition coefficient (Wildman–Crippen LogP) is 0.378. The number of aliphatic hydroxyl groups excluding tert-OH is 1. The lowest BCUT2D eigenvalue weighted by Crippen LogP contribution is -2.54. The third-order valence-electron chi connectivity index (χ3n) is 2.46. The van der Waals surface area contributed by atoms with Crippen molar-refractivity contribution in [3.8, 4) is 0 Å². The molecule has 5 heteroatoms. The molecule has 0 aromatic heterocycles. The van der Waals surface area contributed by atoms with Gasteiger partial charge < -0.3 is 15.3 Å². The first-order valence-corrected chi connectivity index (χ1v) is 5.65. The van der Waals surface area contributed by atoms with Gasteiger partial charge in [-0.3, -0.25) is 9.59 Å². The molecule has 0 aliphatic rings. The summed E-state index contributed by atoms with van der Waals surface area (Å²) >= 11 is 0. The highest BCUT2D eigenvalue weighted by molar-refractivity contribution is 5.90. The van der Waals surface area contributed by atoms with E-state index in [-0.39, 0.29) is 24.8 Å². The smallest absolute Gasteiger partial charge is 0.247 e. The number of hydrogen-bond acceptors (Lipinski definition) is 3. The SMILES string of the molecule is CN(C)C(=O)C(C)(C)NC(=O)CC(C)(C)CO. The molecule has 0 rings (SSSR count). The minimum absolute atomic E-state index is 0.0670. The lowest BCUT2D eigenvalue weighted by atomic mass is 9.89. The van der Waals surface area contributed by atoms with Crippen LogP contribution in [0.4, 0.5) is 0 Å². The quantitative estimate of drug-likeness (QED) is 0.734. The van der Waals surface area contributed by atoms with Gasteiger partial charge in [-0.2, -0.15) is 0 Å². The summed E-state index contributed by atoms with van der Waals surface area (Å²) in [6.07, 6.45) is 0.188. The maximum absolute atomic E-state index is 11.8. The Balaban J connectivity index is 4.53. The first kappa shape index (κ1) is 15.9. The van der Waals surface area contributed by atoms with Gasteiger partial charge in [0.05, 0.1) is 0 Å². The normalized spacial score (nSPS) is 12.2. The fraction of sp³-hybridized carbons (Fsp3) is 0.833.